The Hall–Kier alpha value is -7.15. The highest BCUT2D eigenvalue weighted by molar-refractivity contribution is 6.39. The lowest BCUT2D eigenvalue weighted by atomic mass is 9.78. The molecule has 5 aliphatic rings. The Labute approximate surface area is 764 Å². The maximum atomic E-state index is 14.7. The molecule has 3 aromatic heterocycles. The van der Waals surface area contributed by atoms with Crippen LogP contribution in [-0.4, -0.2) is 287 Å². The number of hydrogen-bond donors (Lipinski definition) is 5. The molecule has 6 heterocycles. The number of aliphatic hydroxyl groups excluding tert-OH is 2. The van der Waals surface area contributed by atoms with Gasteiger partial charge in [-0.1, -0.05) is 96.2 Å². The number of H-pyrrole nitrogens is 1. The van der Waals surface area contributed by atoms with Gasteiger partial charge in [0.05, 0.1) is 123 Å². The fraction of sp³-hybridized carbons (Fsp3) is 0.724. The van der Waals surface area contributed by atoms with Gasteiger partial charge in [0.2, 0.25) is 5.79 Å². The van der Waals surface area contributed by atoms with Crippen molar-refractivity contribution in [3.8, 4) is 11.4 Å². The first-order valence-electron chi connectivity index (χ1n) is 47.4. The number of aryl methyl sites for hydroxylation is 1. The summed E-state index contributed by atoms with van der Waals surface area (Å²) in [5, 5.41) is 41.3. The lowest BCUT2D eigenvalue weighted by Gasteiger charge is -2.43. The zero-order valence-corrected chi connectivity index (χ0v) is 79.2. The second kappa shape index (κ2) is 57.4. The Morgan fingerprint density at radius 3 is 1.94 bits per heavy atom. The number of nitrogens with one attached hydrogen (secondary N) is 1. The van der Waals surface area contributed by atoms with Crippen molar-refractivity contribution in [2.45, 2.75) is 271 Å². The van der Waals surface area contributed by atoms with E-state index in [2.05, 4.69) is 53.2 Å². The summed E-state index contributed by atoms with van der Waals surface area (Å²) in [4.78, 5) is 97.4. The minimum absolute atomic E-state index is 0.0100. The SMILES string of the molecule is CCCOCCOCCOCCOCCOCCCC(=O)C1CCC(c2nc(-c3cc4cccc(C)c4[nH]3)c3c(N)ncnn23)CC1.CCOCCOCCOCCOCCCC(=O)O[C@@H]1CC[C@@H](C[C@@H](C)[C@@H]2C[C@@H](O)[C@H](C)/C=C(\C)[C@@H](O)[C@@H](OC)C(=O)[C@H](C)C[C@H](C)/C=C/C=C/C=C(\C)[C@@H](OC)C[C@@H]3CC[C@@H](C)[C@@](O)(O3)C(=O)C(=O)N3CCCC[C@H]3C(=O)O2)C[C@H]1OC. The maximum Gasteiger partial charge on any atom is 0.329 e. The number of aromatic amines is 1. The molecule has 6 N–H and O–H groups in total. The molecule has 2 saturated carbocycles. The van der Waals surface area contributed by atoms with Gasteiger partial charge in [-0.05, 0) is 177 Å². The molecule has 2 aliphatic carbocycles. The van der Waals surface area contributed by atoms with Gasteiger partial charge in [-0.15, -0.1) is 0 Å². The Morgan fingerprint density at radius 1 is 0.682 bits per heavy atom. The number of aromatic nitrogens is 5. The van der Waals surface area contributed by atoms with Crippen LogP contribution in [0.2, 0.25) is 0 Å². The number of nitrogens with two attached hydrogens (primary N) is 1. The number of nitrogen functional groups attached to an aromatic ring is 1. The van der Waals surface area contributed by atoms with Gasteiger partial charge in [-0.2, -0.15) is 5.10 Å². The van der Waals surface area contributed by atoms with Crippen LogP contribution in [0.5, 0.6) is 0 Å². The number of piperidine rings is 1. The number of hydrogen-bond acceptors (Lipinski definition) is 28. The number of carbonyl (C=O) groups excluding carboxylic acids is 6. The molecule has 16 atom stereocenters. The third-order valence-corrected chi connectivity index (χ3v) is 25.6. The Morgan fingerprint density at radius 2 is 1.32 bits per heavy atom. The van der Waals surface area contributed by atoms with E-state index in [4.69, 9.17) is 81.8 Å². The third kappa shape index (κ3) is 33.8. The molecule has 0 spiro atoms. The topological polar surface area (TPSA) is 390 Å². The van der Waals surface area contributed by atoms with E-state index in [1.165, 1.54) is 23.9 Å². The van der Waals surface area contributed by atoms with E-state index < -0.39 is 90.0 Å². The predicted octanol–water partition coefficient (Wildman–Crippen LogP) is 12.7. The molecule has 0 radical (unpaired) electrons. The summed E-state index contributed by atoms with van der Waals surface area (Å²) < 4.78 is 87.2. The van der Waals surface area contributed by atoms with E-state index >= 15 is 0 Å². The molecule has 1 aromatic carbocycles. The summed E-state index contributed by atoms with van der Waals surface area (Å²) in [5.41, 5.74) is 12.3. The minimum Gasteiger partial charge on any atom is -0.460 e. The quantitative estimate of drug-likeness (QED) is 0.0119. The monoisotopic (exact) mass is 1810 g/mol. The molecule has 0 unspecified atom stereocenters. The van der Waals surface area contributed by atoms with E-state index in [1.807, 2.05) is 69.5 Å². The van der Waals surface area contributed by atoms with Crippen molar-refractivity contribution in [2.24, 2.45) is 41.4 Å². The number of allylic oxidation sites excluding steroid dienone is 5. The highest BCUT2D eigenvalue weighted by atomic mass is 16.6. The smallest absolute Gasteiger partial charge is 0.329 e. The number of cyclic esters (lactones) is 1. The summed E-state index contributed by atoms with van der Waals surface area (Å²) in [6.07, 6.45) is 18.2. The maximum absolute atomic E-state index is 14.7. The summed E-state index contributed by atoms with van der Waals surface area (Å²) in [5.74, 6) is -6.11. The average molecular weight is 1810 g/mol. The number of fused-ring (bicyclic) bond motifs is 5. The zero-order valence-electron chi connectivity index (χ0n) is 79.2. The number of methoxy groups -OCH3 is 3. The van der Waals surface area contributed by atoms with E-state index in [0.717, 1.165) is 78.8 Å². The second-order valence-electron chi connectivity index (χ2n) is 35.5. The van der Waals surface area contributed by atoms with Crippen LogP contribution >= 0.6 is 0 Å². The van der Waals surface area contributed by atoms with Crippen LogP contribution in [0.15, 0.2) is 78.2 Å². The van der Waals surface area contributed by atoms with E-state index in [9.17, 15) is 44.1 Å². The van der Waals surface area contributed by atoms with Crippen molar-refractivity contribution in [2.75, 3.05) is 153 Å². The summed E-state index contributed by atoms with van der Waals surface area (Å²) in [6.45, 7) is 28.6. The number of ether oxygens (including phenoxy) is 15. The highest BCUT2D eigenvalue weighted by Crippen LogP contribution is 2.42. The van der Waals surface area contributed by atoms with E-state index in [0.29, 0.717) is 212 Å². The fourth-order valence-electron chi connectivity index (χ4n) is 17.9. The number of anilines is 1. The molecule has 9 rings (SSSR count). The van der Waals surface area contributed by atoms with Crippen LogP contribution in [-0.2, 0) is 99.8 Å². The summed E-state index contributed by atoms with van der Waals surface area (Å²) >= 11 is 0. The molecule has 3 aliphatic heterocycles. The predicted molar refractivity (Wildman–Crippen MR) is 489 cm³/mol. The number of esters is 2. The molecule has 4 aromatic rings. The van der Waals surface area contributed by atoms with Gasteiger partial charge >= 0.3 is 11.9 Å². The number of imidazole rings is 1. The summed E-state index contributed by atoms with van der Waals surface area (Å²) in [6, 6.07) is 7.18. The normalized spacial score (nSPS) is 28.6. The van der Waals surface area contributed by atoms with Crippen molar-refractivity contribution < 1.29 is 115 Å². The first kappa shape index (κ1) is 107. The van der Waals surface area contributed by atoms with Gasteiger partial charge in [-0.3, -0.25) is 24.0 Å². The van der Waals surface area contributed by atoms with Crippen molar-refractivity contribution >= 4 is 57.4 Å². The van der Waals surface area contributed by atoms with Crippen molar-refractivity contribution in [1.82, 2.24) is 29.5 Å². The van der Waals surface area contributed by atoms with Gasteiger partial charge in [0.1, 0.15) is 59.6 Å². The van der Waals surface area contributed by atoms with Gasteiger partial charge in [-0.25, -0.2) is 19.3 Å². The lowest BCUT2D eigenvalue weighted by Crippen LogP contribution is -2.61. The number of rotatable bonds is 42. The molecular weight excluding hydrogens is 1660 g/mol. The van der Waals surface area contributed by atoms with Gasteiger partial charge in [0.25, 0.3) is 11.7 Å². The van der Waals surface area contributed by atoms with Crippen LogP contribution in [0.4, 0.5) is 5.82 Å². The third-order valence-electron chi connectivity index (χ3n) is 25.6. The number of benzene rings is 1. The first-order chi connectivity index (χ1) is 62.2. The van der Waals surface area contributed by atoms with E-state index in [1.54, 1.807) is 41.1 Å². The number of carbonyl (C=O) groups is 6. The van der Waals surface area contributed by atoms with Gasteiger partial charge in [0, 0.05) is 120 Å². The number of nitrogens with zero attached hydrogens (tertiary/aromatic N) is 5. The van der Waals surface area contributed by atoms with Crippen molar-refractivity contribution in [3.63, 3.8) is 0 Å². The largest absolute Gasteiger partial charge is 0.460 e. The van der Waals surface area contributed by atoms with E-state index in [-0.39, 0.29) is 73.3 Å². The van der Waals surface area contributed by atoms with Crippen LogP contribution in [0, 0.1) is 48.3 Å². The molecule has 31 heteroatoms. The number of amides is 1. The number of aliphatic hydroxyl groups is 3. The Balaban J connectivity index is 0.000000367. The molecule has 2 bridgehead atoms. The minimum atomic E-state index is -2.45. The highest BCUT2D eigenvalue weighted by Gasteiger charge is 2.53. The van der Waals surface area contributed by atoms with Crippen LogP contribution in [0.1, 0.15) is 214 Å². The number of ketones is 3. The van der Waals surface area contributed by atoms with Crippen LogP contribution < -0.4 is 5.73 Å². The van der Waals surface area contributed by atoms with Crippen LogP contribution in [0.3, 0.4) is 0 Å². The Kier molecular flexibility index (Phi) is 47.7. The lowest BCUT2D eigenvalue weighted by molar-refractivity contribution is -0.265. The standard InChI is InChI=1S/C63H103NO18.C35H50N6O6/c1-12-76-29-30-78-33-34-79-32-31-77-28-18-22-56(66)80-52-26-24-48(38-55(52)74-10)37-44(5)54-40-51(65)43(4)36-46(7)58(68)59(75-11)57(67)45(6)35-41(2)19-14-13-15-20-42(3)53(73-9)39-49-25-23-47(8)63(72,82-49)60(69)61(70)64-27-17-16-21-50(64)62(71)81-54;1-3-13-43-15-17-45-19-21-47-22-20-46-18-16-44-14-5-8-30(42)26-9-11-27(12-10-26)35-40-32(33-34(36)37-24-38-41(33)35)29-23-28-7-4-6-25(2)31(28)39-29/h13-15,19-20,36,41,43-45,47-55,58-59,65,68,72H,12,16-18,21-35,37-40H2,1-11H3;4,6-7,23-24,26-27,39H,3,5,8-22H2,1-2H3,(H2,36,37,38)/b15-13+,19-14+,42-20+,46-36+;/t41-,43-,44-,45-,47-,48+,49+,50+,51-,52-,53+,54+,55-,58-,59+,63-;/m1./s1. The summed E-state index contributed by atoms with van der Waals surface area (Å²) in [7, 11) is 4.56. The number of Topliss-reactive ketones (excluding diaryl/α,β-unsaturated/α-hetero) is 3. The number of para-hydroxylation sites is 1. The average Bonchev–Trinajstić information content (AvgIpc) is 1.62. The Bertz CT molecular complexity index is 4140. The molecule has 129 heavy (non-hydrogen) atoms. The molecule has 724 valence electrons. The second-order valence-corrected chi connectivity index (χ2v) is 35.5. The van der Waals surface area contributed by atoms with Gasteiger partial charge < -0.3 is 102 Å². The molecule has 31 nitrogen and oxygen atoms in total. The first-order valence-corrected chi connectivity index (χ1v) is 47.4. The molecule has 4 fully saturated rings. The molecule has 1 amide bonds. The molecule has 2 saturated heterocycles. The zero-order chi connectivity index (χ0) is 93.2. The van der Waals surface area contributed by atoms with Crippen molar-refractivity contribution in [1.29, 1.82) is 0 Å². The van der Waals surface area contributed by atoms with Crippen LogP contribution in [0.25, 0.3) is 27.8 Å². The fourth-order valence-corrected chi connectivity index (χ4v) is 17.9. The van der Waals surface area contributed by atoms with Crippen molar-refractivity contribution in [3.05, 3.63) is 89.6 Å². The van der Waals surface area contributed by atoms with Gasteiger partial charge in [0.15, 0.2) is 11.6 Å². The molecular formula is C98H153N7O24.